The molecule has 0 spiro atoms. The summed E-state index contributed by atoms with van der Waals surface area (Å²) in [6.07, 6.45) is 1.73. The molecule has 1 saturated heterocycles. The molecule has 15 heavy (non-hydrogen) atoms. The average molecular weight is 246 g/mol. The maximum Gasteiger partial charge on any atom is 0.320 e. The van der Waals surface area contributed by atoms with Crippen LogP contribution >= 0.6 is 22.9 Å². The van der Waals surface area contributed by atoms with E-state index < -0.39 is 5.97 Å². The average Bonchev–Trinajstić information content (AvgIpc) is 2.75. The Balaban J connectivity index is 2.02. The molecule has 0 aliphatic carbocycles. The number of carboxylic acids is 1. The van der Waals surface area contributed by atoms with E-state index >= 15 is 0 Å². The fourth-order valence-electron chi connectivity index (χ4n) is 1.93. The number of carboxylic acid groups (broad SMARTS) is 1. The Kier molecular flexibility index (Phi) is 3.29. The van der Waals surface area contributed by atoms with Gasteiger partial charge >= 0.3 is 5.97 Å². The molecule has 82 valence electrons. The van der Waals surface area contributed by atoms with Crippen molar-refractivity contribution in [2.75, 3.05) is 6.54 Å². The number of rotatable bonds is 3. The molecular formula is C10H12ClNO2S. The first-order valence-electron chi connectivity index (χ1n) is 4.86. The van der Waals surface area contributed by atoms with Crippen molar-refractivity contribution in [2.45, 2.75) is 25.4 Å². The quantitative estimate of drug-likeness (QED) is 0.889. The van der Waals surface area contributed by atoms with Crippen molar-refractivity contribution >= 4 is 28.9 Å². The van der Waals surface area contributed by atoms with Gasteiger partial charge in [-0.05, 0) is 25.5 Å². The zero-order chi connectivity index (χ0) is 10.8. The van der Waals surface area contributed by atoms with Gasteiger partial charge in [-0.2, -0.15) is 0 Å². The van der Waals surface area contributed by atoms with Crippen molar-refractivity contribution in [3.05, 3.63) is 21.3 Å². The number of hydrogen-bond donors (Lipinski definition) is 1. The van der Waals surface area contributed by atoms with Crippen molar-refractivity contribution in [2.24, 2.45) is 0 Å². The Hall–Kier alpha value is -0.580. The molecule has 3 nitrogen and oxygen atoms in total. The summed E-state index contributed by atoms with van der Waals surface area (Å²) in [6, 6.07) is 1.59. The molecule has 5 heteroatoms. The highest BCUT2D eigenvalue weighted by Crippen LogP contribution is 2.25. The van der Waals surface area contributed by atoms with Gasteiger partial charge in [-0.15, -0.1) is 11.3 Å². The Bertz CT molecular complexity index is 366. The summed E-state index contributed by atoms with van der Waals surface area (Å²) in [7, 11) is 0. The molecule has 1 atom stereocenters. The lowest BCUT2D eigenvalue weighted by Crippen LogP contribution is -2.35. The molecule has 0 saturated carbocycles. The first kappa shape index (κ1) is 10.9. The third-order valence-electron chi connectivity index (χ3n) is 2.63. The van der Waals surface area contributed by atoms with Crippen LogP contribution in [-0.2, 0) is 11.3 Å². The van der Waals surface area contributed by atoms with E-state index in [-0.39, 0.29) is 6.04 Å². The van der Waals surface area contributed by atoms with E-state index in [1.54, 1.807) is 11.3 Å². The second-order valence-corrected chi connectivity index (χ2v) is 5.13. The number of likely N-dealkylation sites (tertiary alicyclic amines) is 1. The Morgan fingerprint density at radius 1 is 1.73 bits per heavy atom. The summed E-state index contributed by atoms with van der Waals surface area (Å²) >= 11 is 7.40. The van der Waals surface area contributed by atoms with E-state index in [9.17, 15) is 4.79 Å². The maximum absolute atomic E-state index is 10.9. The van der Waals surface area contributed by atoms with Crippen LogP contribution in [0, 0.1) is 0 Å². The topological polar surface area (TPSA) is 40.5 Å². The van der Waals surface area contributed by atoms with Gasteiger partial charge in [0.25, 0.3) is 0 Å². The first-order chi connectivity index (χ1) is 7.16. The zero-order valence-electron chi connectivity index (χ0n) is 8.15. The van der Waals surface area contributed by atoms with E-state index in [0.717, 1.165) is 29.3 Å². The third kappa shape index (κ3) is 2.51. The van der Waals surface area contributed by atoms with Crippen molar-refractivity contribution < 1.29 is 9.90 Å². The molecule has 2 rings (SSSR count). The van der Waals surface area contributed by atoms with Gasteiger partial charge < -0.3 is 5.11 Å². The number of aliphatic carboxylic acids is 1. The highest BCUT2D eigenvalue weighted by Gasteiger charge is 2.30. The molecule has 1 aliphatic rings. The second kappa shape index (κ2) is 4.51. The van der Waals surface area contributed by atoms with Crippen molar-refractivity contribution in [3.8, 4) is 0 Å². The summed E-state index contributed by atoms with van der Waals surface area (Å²) in [6.45, 7) is 1.57. The molecule has 0 unspecified atom stereocenters. The van der Waals surface area contributed by atoms with Gasteiger partial charge in [-0.25, -0.2) is 0 Å². The number of hydrogen-bond acceptors (Lipinski definition) is 3. The van der Waals surface area contributed by atoms with E-state index in [2.05, 4.69) is 0 Å². The molecule has 1 aliphatic heterocycles. The fraction of sp³-hybridized carbons (Fsp3) is 0.500. The largest absolute Gasteiger partial charge is 0.480 e. The fourth-order valence-corrected chi connectivity index (χ4v) is 3.03. The normalized spacial score (nSPS) is 22.1. The molecule has 2 heterocycles. The van der Waals surface area contributed by atoms with Crippen LogP contribution in [-0.4, -0.2) is 28.6 Å². The predicted molar refractivity (Wildman–Crippen MR) is 60.4 cm³/mol. The van der Waals surface area contributed by atoms with Crippen LogP contribution in [0.5, 0.6) is 0 Å². The second-order valence-electron chi connectivity index (χ2n) is 3.70. The molecule has 0 radical (unpaired) electrons. The molecule has 1 N–H and O–H groups in total. The van der Waals surface area contributed by atoms with Crippen LogP contribution in [0.4, 0.5) is 0 Å². The number of halogens is 1. The standard InChI is InChI=1S/C10H12ClNO2S/c11-7-4-8(15-6-7)5-12-3-1-2-9(12)10(13)14/h4,6,9H,1-3,5H2,(H,13,14)/t9-/m1/s1. The van der Waals surface area contributed by atoms with Crippen molar-refractivity contribution in [1.82, 2.24) is 4.90 Å². The summed E-state index contributed by atoms with van der Waals surface area (Å²) in [5.74, 6) is -0.713. The van der Waals surface area contributed by atoms with Crippen molar-refractivity contribution in [1.29, 1.82) is 0 Å². The minimum Gasteiger partial charge on any atom is -0.480 e. The van der Waals surface area contributed by atoms with Crippen LogP contribution in [0.3, 0.4) is 0 Å². The summed E-state index contributed by atoms with van der Waals surface area (Å²) in [5, 5.41) is 11.6. The Morgan fingerprint density at radius 2 is 2.53 bits per heavy atom. The lowest BCUT2D eigenvalue weighted by Gasteiger charge is -2.19. The van der Waals surface area contributed by atoms with Crippen LogP contribution in [0.2, 0.25) is 5.02 Å². The smallest absolute Gasteiger partial charge is 0.320 e. The van der Waals surface area contributed by atoms with E-state index in [1.807, 2.05) is 16.3 Å². The predicted octanol–water partition coefficient (Wildman–Crippen LogP) is 2.45. The number of nitrogens with zero attached hydrogens (tertiary/aromatic N) is 1. The zero-order valence-corrected chi connectivity index (χ0v) is 9.72. The Morgan fingerprint density at radius 3 is 3.13 bits per heavy atom. The third-order valence-corrected chi connectivity index (χ3v) is 3.90. The van der Waals surface area contributed by atoms with E-state index in [0.29, 0.717) is 6.54 Å². The first-order valence-corrected chi connectivity index (χ1v) is 6.12. The van der Waals surface area contributed by atoms with Gasteiger partial charge in [0.1, 0.15) is 6.04 Å². The van der Waals surface area contributed by atoms with Gasteiger partial charge in [0, 0.05) is 16.8 Å². The highest BCUT2D eigenvalue weighted by atomic mass is 35.5. The van der Waals surface area contributed by atoms with Gasteiger partial charge in [0.05, 0.1) is 5.02 Å². The van der Waals surface area contributed by atoms with E-state index in [1.165, 1.54) is 0 Å². The highest BCUT2D eigenvalue weighted by molar-refractivity contribution is 7.10. The van der Waals surface area contributed by atoms with Crippen molar-refractivity contribution in [3.63, 3.8) is 0 Å². The molecule has 1 aromatic heterocycles. The lowest BCUT2D eigenvalue weighted by atomic mass is 10.2. The summed E-state index contributed by atoms with van der Waals surface area (Å²) in [5.41, 5.74) is 0. The molecule has 1 fully saturated rings. The number of thiophene rings is 1. The van der Waals surface area contributed by atoms with Gasteiger partial charge in [0.2, 0.25) is 0 Å². The summed E-state index contributed by atoms with van der Waals surface area (Å²) in [4.78, 5) is 14.1. The minimum absolute atomic E-state index is 0.314. The van der Waals surface area contributed by atoms with E-state index in [4.69, 9.17) is 16.7 Å². The Labute approximate surface area is 97.3 Å². The molecule has 0 amide bonds. The molecule has 0 aromatic carbocycles. The van der Waals surface area contributed by atoms with Crippen LogP contribution < -0.4 is 0 Å². The molecule has 0 bridgehead atoms. The number of carbonyl (C=O) groups is 1. The summed E-state index contributed by atoms with van der Waals surface area (Å²) < 4.78 is 0. The van der Waals surface area contributed by atoms with Crippen LogP contribution in [0.15, 0.2) is 11.4 Å². The molecule has 1 aromatic rings. The SMILES string of the molecule is O=C(O)[C@H]1CCCN1Cc1cc(Cl)cs1. The van der Waals surface area contributed by atoms with Gasteiger partial charge in [-0.1, -0.05) is 11.6 Å². The van der Waals surface area contributed by atoms with Crippen LogP contribution in [0.1, 0.15) is 17.7 Å². The lowest BCUT2D eigenvalue weighted by molar-refractivity contribution is -0.142. The van der Waals surface area contributed by atoms with Crippen LogP contribution in [0.25, 0.3) is 0 Å². The monoisotopic (exact) mass is 245 g/mol. The van der Waals surface area contributed by atoms with Gasteiger partial charge in [0.15, 0.2) is 0 Å². The maximum atomic E-state index is 10.9. The van der Waals surface area contributed by atoms with Gasteiger partial charge in [-0.3, -0.25) is 9.69 Å². The molecular weight excluding hydrogens is 234 g/mol. The minimum atomic E-state index is -0.713.